The standard InChI is InChI=1S/C14H18N2O2/c1-3-14(17)13-7-6-11(9-15-13)16(2)10-12-5-4-8-18-12/h4-9,14,17H,3,10H2,1-2H3. The summed E-state index contributed by atoms with van der Waals surface area (Å²) in [6.07, 6.45) is 3.64. The molecule has 1 N–H and O–H groups in total. The van der Waals surface area contributed by atoms with Gasteiger partial charge in [0.2, 0.25) is 0 Å². The van der Waals surface area contributed by atoms with Gasteiger partial charge in [0.15, 0.2) is 0 Å². The average Bonchev–Trinajstić information content (AvgIpc) is 2.91. The summed E-state index contributed by atoms with van der Waals surface area (Å²) >= 11 is 0. The Morgan fingerprint density at radius 1 is 1.39 bits per heavy atom. The number of pyridine rings is 1. The van der Waals surface area contributed by atoms with Crippen molar-refractivity contribution in [2.45, 2.75) is 26.0 Å². The smallest absolute Gasteiger partial charge is 0.123 e. The van der Waals surface area contributed by atoms with E-state index in [2.05, 4.69) is 4.98 Å². The van der Waals surface area contributed by atoms with Gasteiger partial charge in [-0.05, 0) is 30.7 Å². The second-order valence-electron chi connectivity index (χ2n) is 4.30. The summed E-state index contributed by atoms with van der Waals surface area (Å²) in [5.41, 5.74) is 1.71. The number of rotatable bonds is 5. The molecular formula is C14H18N2O2. The van der Waals surface area contributed by atoms with E-state index in [9.17, 15) is 5.11 Å². The molecule has 4 nitrogen and oxygen atoms in total. The first-order chi connectivity index (χ1) is 8.70. The zero-order valence-electron chi connectivity index (χ0n) is 10.7. The van der Waals surface area contributed by atoms with Crippen molar-refractivity contribution < 1.29 is 9.52 Å². The van der Waals surface area contributed by atoms with E-state index < -0.39 is 6.10 Å². The van der Waals surface area contributed by atoms with Gasteiger partial charge in [-0.2, -0.15) is 0 Å². The molecule has 0 aliphatic carbocycles. The van der Waals surface area contributed by atoms with E-state index in [1.807, 2.05) is 43.1 Å². The summed E-state index contributed by atoms with van der Waals surface area (Å²) in [6.45, 7) is 2.63. The van der Waals surface area contributed by atoms with Crippen molar-refractivity contribution in [1.29, 1.82) is 0 Å². The fourth-order valence-corrected chi connectivity index (χ4v) is 1.76. The summed E-state index contributed by atoms with van der Waals surface area (Å²) < 4.78 is 5.30. The van der Waals surface area contributed by atoms with E-state index in [4.69, 9.17) is 4.42 Å². The minimum atomic E-state index is -0.477. The van der Waals surface area contributed by atoms with Gasteiger partial charge >= 0.3 is 0 Å². The SMILES string of the molecule is CCC(O)c1ccc(N(C)Cc2ccco2)cn1. The predicted octanol–water partition coefficient (Wildman–Crippen LogP) is 2.75. The number of hydrogen-bond acceptors (Lipinski definition) is 4. The van der Waals surface area contributed by atoms with Gasteiger partial charge in [0.25, 0.3) is 0 Å². The van der Waals surface area contributed by atoms with Crippen molar-refractivity contribution in [2.75, 3.05) is 11.9 Å². The Kier molecular flexibility index (Phi) is 3.99. The second kappa shape index (κ2) is 5.69. The summed E-state index contributed by atoms with van der Waals surface area (Å²) in [5, 5.41) is 9.68. The number of nitrogens with zero attached hydrogens (tertiary/aromatic N) is 2. The Bertz CT molecular complexity index is 465. The lowest BCUT2D eigenvalue weighted by molar-refractivity contribution is 0.169. The lowest BCUT2D eigenvalue weighted by Crippen LogP contribution is -2.16. The molecule has 4 heteroatoms. The monoisotopic (exact) mass is 246 g/mol. The molecule has 0 aliphatic rings. The Hall–Kier alpha value is -1.81. The fraction of sp³-hybridized carbons (Fsp3) is 0.357. The largest absolute Gasteiger partial charge is 0.467 e. The molecule has 18 heavy (non-hydrogen) atoms. The van der Waals surface area contributed by atoms with Crippen LogP contribution in [0.2, 0.25) is 0 Å². The van der Waals surface area contributed by atoms with E-state index in [-0.39, 0.29) is 0 Å². The third-order valence-electron chi connectivity index (χ3n) is 2.91. The molecule has 0 saturated carbocycles. The Morgan fingerprint density at radius 2 is 2.22 bits per heavy atom. The second-order valence-corrected chi connectivity index (χ2v) is 4.30. The molecule has 0 radical (unpaired) electrons. The van der Waals surface area contributed by atoms with E-state index in [0.717, 1.165) is 11.4 Å². The van der Waals surface area contributed by atoms with Gasteiger partial charge in [-0.3, -0.25) is 4.98 Å². The molecule has 0 saturated heterocycles. The summed E-state index contributed by atoms with van der Waals surface area (Å²) in [5.74, 6) is 0.912. The van der Waals surface area contributed by atoms with Crippen LogP contribution >= 0.6 is 0 Å². The topological polar surface area (TPSA) is 49.5 Å². The third-order valence-corrected chi connectivity index (χ3v) is 2.91. The highest BCUT2D eigenvalue weighted by atomic mass is 16.3. The van der Waals surface area contributed by atoms with E-state index in [0.29, 0.717) is 18.7 Å². The third kappa shape index (κ3) is 2.90. The van der Waals surface area contributed by atoms with Crippen molar-refractivity contribution in [1.82, 2.24) is 4.98 Å². The highest BCUT2D eigenvalue weighted by Crippen LogP contribution is 2.18. The number of hydrogen-bond donors (Lipinski definition) is 1. The zero-order chi connectivity index (χ0) is 13.0. The molecule has 0 spiro atoms. The highest BCUT2D eigenvalue weighted by Gasteiger charge is 2.08. The molecular weight excluding hydrogens is 228 g/mol. The summed E-state index contributed by atoms with van der Waals surface area (Å²) in [6, 6.07) is 7.65. The molecule has 96 valence electrons. The Labute approximate surface area is 107 Å². The predicted molar refractivity (Wildman–Crippen MR) is 70.3 cm³/mol. The first-order valence-electron chi connectivity index (χ1n) is 6.08. The minimum Gasteiger partial charge on any atom is -0.467 e. The maximum Gasteiger partial charge on any atom is 0.123 e. The molecule has 0 bridgehead atoms. The molecule has 1 unspecified atom stereocenters. The van der Waals surface area contributed by atoms with Crippen LogP contribution in [-0.2, 0) is 6.54 Å². The van der Waals surface area contributed by atoms with Crippen LogP contribution in [0.25, 0.3) is 0 Å². The molecule has 2 heterocycles. The van der Waals surface area contributed by atoms with Gasteiger partial charge in [-0.1, -0.05) is 6.92 Å². The Balaban J connectivity index is 2.04. The van der Waals surface area contributed by atoms with Crippen LogP contribution < -0.4 is 4.90 Å². The molecule has 0 aromatic carbocycles. The molecule has 2 aromatic rings. The van der Waals surface area contributed by atoms with E-state index in [1.54, 1.807) is 12.5 Å². The van der Waals surface area contributed by atoms with Crippen LogP contribution in [0.1, 0.15) is 30.9 Å². The van der Waals surface area contributed by atoms with Crippen LogP contribution in [0.5, 0.6) is 0 Å². The van der Waals surface area contributed by atoms with Crippen LogP contribution in [0, 0.1) is 0 Å². The van der Waals surface area contributed by atoms with Gasteiger partial charge in [0, 0.05) is 7.05 Å². The Morgan fingerprint density at radius 3 is 2.78 bits per heavy atom. The van der Waals surface area contributed by atoms with Gasteiger partial charge in [0.1, 0.15) is 5.76 Å². The first kappa shape index (κ1) is 12.6. The van der Waals surface area contributed by atoms with Gasteiger partial charge in [-0.15, -0.1) is 0 Å². The number of aromatic nitrogens is 1. The average molecular weight is 246 g/mol. The van der Waals surface area contributed by atoms with Crippen molar-refractivity contribution in [3.8, 4) is 0 Å². The number of furan rings is 1. The highest BCUT2D eigenvalue weighted by molar-refractivity contribution is 5.44. The van der Waals surface area contributed by atoms with Crippen molar-refractivity contribution in [3.63, 3.8) is 0 Å². The van der Waals surface area contributed by atoms with Crippen molar-refractivity contribution in [2.24, 2.45) is 0 Å². The van der Waals surface area contributed by atoms with Crippen LogP contribution in [0.15, 0.2) is 41.1 Å². The number of aliphatic hydroxyl groups is 1. The van der Waals surface area contributed by atoms with Gasteiger partial charge in [0.05, 0.1) is 36.5 Å². The summed E-state index contributed by atoms with van der Waals surface area (Å²) in [7, 11) is 1.98. The van der Waals surface area contributed by atoms with Gasteiger partial charge in [-0.25, -0.2) is 0 Å². The first-order valence-corrected chi connectivity index (χ1v) is 6.08. The van der Waals surface area contributed by atoms with Crippen LogP contribution in [0.3, 0.4) is 0 Å². The van der Waals surface area contributed by atoms with Gasteiger partial charge < -0.3 is 14.4 Å². The normalized spacial score (nSPS) is 12.4. The van der Waals surface area contributed by atoms with E-state index >= 15 is 0 Å². The fourth-order valence-electron chi connectivity index (χ4n) is 1.76. The van der Waals surface area contributed by atoms with Crippen molar-refractivity contribution >= 4 is 5.69 Å². The number of aliphatic hydroxyl groups excluding tert-OH is 1. The quantitative estimate of drug-likeness (QED) is 0.881. The molecule has 1 atom stereocenters. The molecule has 2 aromatic heterocycles. The maximum absolute atomic E-state index is 9.68. The van der Waals surface area contributed by atoms with Crippen LogP contribution in [-0.4, -0.2) is 17.1 Å². The lowest BCUT2D eigenvalue weighted by atomic mass is 10.2. The lowest BCUT2D eigenvalue weighted by Gasteiger charge is -2.18. The van der Waals surface area contributed by atoms with E-state index in [1.165, 1.54) is 0 Å². The maximum atomic E-state index is 9.68. The zero-order valence-corrected chi connectivity index (χ0v) is 10.7. The molecule has 0 fully saturated rings. The van der Waals surface area contributed by atoms with Crippen molar-refractivity contribution in [3.05, 3.63) is 48.2 Å². The molecule has 0 amide bonds. The molecule has 2 rings (SSSR count). The van der Waals surface area contributed by atoms with Crippen LogP contribution in [0.4, 0.5) is 5.69 Å². The minimum absolute atomic E-state index is 0.477. The summed E-state index contributed by atoms with van der Waals surface area (Å²) in [4.78, 5) is 6.33. The molecule has 0 aliphatic heterocycles. The number of anilines is 1.